The van der Waals surface area contributed by atoms with Gasteiger partial charge in [-0.05, 0) is 41.7 Å². The van der Waals surface area contributed by atoms with Gasteiger partial charge in [0.1, 0.15) is 0 Å². The van der Waals surface area contributed by atoms with Gasteiger partial charge < -0.3 is 5.32 Å². The van der Waals surface area contributed by atoms with Gasteiger partial charge in [-0.2, -0.15) is 0 Å². The van der Waals surface area contributed by atoms with Gasteiger partial charge in [0.05, 0.1) is 0 Å². The smallest absolute Gasteiger partial charge is 0.224 e. The van der Waals surface area contributed by atoms with Crippen LogP contribution in [0.3, 0.4) is 0 Å². The molecule has 1 aliphatic rings. The molecule has 1 amide bonds. The SMILES string of the molecule is O=C(NCc1ccccc1)[C@@H]1C[C@H]1c1cc(Cl)cc(Cl)c1. The molecule has 2 aromatic carbocycles. The molecular weight excluding hydrogens is 305 g/mol. The van der Waals surface area contributed by atoms with Crippen molar-refractivity contribution in [3.8, 4) is 0 Å². The maximum Gasteiger partial charge on any atom is 0.224 e. The number of carbonyl (C=O) groups excluding carboxylic acids is 1. The van der Waals surface area contributed by atoms with Gasteiger partial charge in [0.25, 0.3) is 0 Å². The molecule has 0 aromatic heterocycles. The van der Waals surface area contributed by atoms with Crippen LogP contribution in [0.4, 0.5) is 0 Å². The highest BCUT2D eigenvalue weighted by molar-refractivity contribution is 6.34. The molecular formula is C17H15Cl2NO. The van der Waals surface area contributed by atoms with Gasteiger partial charge in [0.2, 0.25) is 5.91 Å². The van der Waals surface area contributed by atoms with Gasteiger partial charge in [-0.1, -0.05) is 53.5 Å². The molecule has 0 spiro atoms. The van der Waals surface area contributed by atoms with E-state index in [2.05, 4.69) is 5.32 Å². The molecule has 0 aliphatic heterocycles. The van der Waals surface area contributed by atoms with Crippen LogP contribution >= 0.6 is 23.2 Å². The summed E-state index contributed by atoms with van der Waals surface area (Å²) in [6.45, 7) is 0.569. The first-order valence-electron chi connectivity index (χ1n) is 6.91. The van der Waals surface area contributed by atoms with Crippen LogP contribution in [-0.2, 0) is 11.3 Å². The fourth-order valence-corrected chi connectivity index (χ4v) is 3.10. The van der Waals surface area contributed by atoms with Gasteiger partial charge in [0, 0.05) is 22.5 Å². The van der Waals surface area contributed by atoms with Crippen molar-refractivity contribution in [3.05, 3.63) is 69.7 Å². The normalized spacial score (nSPS) is 20.1. The summed E-state index contributed by atoms with van der Waals surface area (Å²) in [6, 6.07) is 15.4. The highest BCUT2D eigenvalue weighted by Crippen LogP contribution is 2.48. The molecule has 3 rings (SSSR count). The number of benzene rings is 2. The van der Waals surface area contributed by atoms with E-state index in [4.69, 9.17) is 23.2 Å². The van der Waals surface area contributed by atoms with Crippen molar-refractivity contribution in [2.45, 2.75) is 18.9 Å². The number of hydrogen-bond acceptors (Lipinski definition) is 1. The Kier molecular flexibility index (Phi) is 4.18. The number of halogens is 2. The molecule has 0 bridgehead atoms. The second kappa shape index (κ2) is 6.08. The number of nitrogens with one attached hydrogen (secondary N) is 1. The molecule has 0 radical (unpaired) electrons. The van der Waals surface area contributed by atoms with E-state index in [1.807, 2.05) is 42.5 Å². The van der Waals surface area contributed by atoms with E-state index in [9.17, 15) is 4.79 Å². The molecule has 108 valence electrons. The zero-order chi connectivity index (χ0) is 14.8. The Morgan fingerprint density at radius 3 is 2.43 bits per heavy atom. The number of amides is 1. The Morgan fingerprint density at radius 2 is 1.76 bits per heavy atom. The zero-order valence-electron chi connectivity index (χ0n) is 11.4. The van der Waals surface area contributed by atoms with Crippen molar-refractivity contribution in [1.29, 1.82) is 0 Å². The van der Waals surface area contributed by atoms with Gasteiger partial charge in [-0.25, -0.2) is 0 Å². The fourth-order valence-electron chi connectivity index (χ4n) is 2.56. The van der Waals surface area contributed by atoms with Gasteiger partial charge in [0.15, 0.2) is 0 Å². The monoisotopic (exact) mass is 319 g/mol. The van der Waals surface area contributed by atoms with E-state index < -0.39 is 0 Å². The summed E-state index contributed by atoms with van der Waals surface area (Å²) in [5.41, 5.74) is 2.15. The lowest BCUT2D eigenvalue weighted by Gasteiger charge is -2.06. The summed E-state index contributed by atoms with van der Waals surface area (Å²) in [7, 11) is 0. The Bertz CT molecular complexity index is 637. The number of hydrogen-bond donors (Lipinski definition) is 1. The molecule has 2 aromatic rings. The van der Waals surface area contributed by atoms with Crippen LogP contribution in [0.1, 0.15) is 23.5 Å². The largest absolute Gasteiger partial charge is 0.352 e. The number of rotatable bonds is 4. The lowest BCUT2D eigenvalue weighted by Crippen LogP contribution is -2.24. The van der Waals surface area contributed by atoms with Crippen molar-refractivity contribution in [2.75, 3.05) is 0 Å². The van der Waals surface area contributed by atoms with Crippen LogP contribution in [0, 0.1) is 5.92 Å². The second-order valence-corrected chi connectivity index (χ2v) is 6.23. The summed E-state index contributed by atoms with van der Waals surface area (Å²) in [5.74, 6) is 0.361. The van der Waals surface area contributed by atoms with Crippen molar-refractivity contribution >= 4 is 29.1 Å². The Hall–Kier alpha value is -1.51. The average Bonchev–Trinajstić information content (AvgIpc) is 3.25. The first kappa shape index (κ1) is 14.4. The maximum absolute atomic E-state index is 12.2. The average molecular weight is 320 g/mol. The lowest BCUT2D eigenvalue weighted by molar-refractivity contribution is -0.122. The predicted molar refractivity (Wildman–Crippen MR) is 85.6 cm³/mol. The maximum atomic E-state index is 12.2. The molecule has 0 heterocycles. The summed E-state index contributed by atoms with van der Waals surface area (Å²) >= 11 is 12.0. The molecule has 1 aliphatic carbocycles. The van der Waals surface area contributed by atoms with E-state index in [1.54, 1.807) is 6.07 Å². The van der Waals surface area contributed by atoms with E-state index >= 15 is 0 Å². The lowest BCUT2D eigenvalue weighted by atomic mass is 10.1. The molecule has 4 heteroatoms. The Balaban J connectivity index is 1.58. The summed E-state index contributed by atoms with van der Waals surface area (Å²) in [6.07, 6.45) is 0.858. The molecule has 0 unspecified atom stereocenters. The van der Waals surface area contributed by atoms with E-state index in [-0.39, 0.29) is 17.7 Å². The highest BCUT2D eigenvalue weighted by atomic mass is 35.5. The van der Waals surface area contributed by atoms with Crippen LogP contribution < -0.4 is 5.32 Å². The molecule has 2 nitrogen and oxygen atoms in total. The quantitative estimate of drug-likeness (QED) is 0.888. The van der Waals surface area contributed by atoms with E-state index in [0.29, 0.717) is 16.6 Å². The third kappa shape index (κ3) is 3.58. The standard InChI is InChI=1S/C17H15Cl2NO/c18-13-6-12(7-14(19)8-13)15-9-16(15)17(21)20-10-11-4-2-1-3-5-11/h1-8,15-16H,9-10H2,(H,20,21)/t15-,16+/m0/s1. The van der Waals surface area contributed by atoms with Crippen molar-refractivity contribution in [1.82, 2.24) is 5.32 Å². The molecule has 21 heavy (non-hydrogen) atoms. The highest BCUT2D eigenvalue weighted by Gasteiger charge is 2.43. The second-order valence-electron chi connectivity index (χ2n) is 5.35. The van der Waals surface area contributed by atoms with Crippen LogP contribution in [0.5, 0.6) is 0 Å². The third-order valence-electron chi connectivity index (χ3n) is 3.75. The molecule has 1 saturated carbocycles. The molecule has 1 N–H and O–H groups in total. The molecule has 0 saturated heterocycles. The Labute approximate surface area is 134 Å². The summed E-state index contributed by atoms with van der Waals surface area (Å²) < 4.78 is 0. The van der Waals surface area contributed by atoms with Crippen LogP contribution in [0.2, 0.25) is 10.0 Å². The Morgan fingerprint density at radius 1 is 1.10 bits per heavy atom. The van der Waals surface area contributed by atoms with Gasteiger partial charge >= 0.3 is 0 Å². The van der Waals surface area contributed by atoms with E-state index in [1.165, 1.54) is 0 Å². The van der Waals surface area contributed by atoms with Crippen LogP contribution in [-0.4, -0.2) is 5.91 Å². The molecule has 1 fully saturated rings. The van der Waals surface area contributed by atoms with Crippen molar-refractivity contribution in [2.24, 2.45) is 5.92 Å². The predicted octanol–water partition coefficient (Wildman–Crippen LogP) is 4.41. The third-order valence-corrected chi connectivity index (χ3v) is 4.19. The minimum atomic E-state index is 0.0308. The first-order valence-corrected chi connectivity index (χ1v) is 7.67. The summed E-state index contributed by atoms with van der Waals surface area (Å²) in [5, 5.41) is 4.22. The van der Waals surface area contributed by atoms with E-state index in [0.717, 1.165) is 17.5 Å². The minimum absolute atomic E-state index is 0.0308. The summed E-state index contributed by atoms with van der Waals surface area (Å²) in [4.78, 5) is 12.2. The molecule has 2 atom stereocenters. The topological polar surface area (TPSA) is 29.1 Å². The van der Waals surface area contributed by atoms with Crippen LogP contribution in [0.15, 0.2) is 48.5 Å². The van der Waals surface area contributed by atoms with Crippen molar-refractivity contribution < 1.29 is 4.79 Å². The minimum Gasteiger partial charge on any atom is -0.352 e. The first-order chi connectivity index (χ1) is 10.1. The van der Waals surface area contributed by atoms with Crippen molar-refractivity contribution in [3.63, 3.8) is 0 Å². The fraction of sp³-hybridized carbons (Fsp3) is 0.235. The number of carbonyl (C=O) groups is 1. The van der Waals surface area contributed by atoms with Gasteiger partial charge in [-0.15, -0.1) is 0 Å². The van der Waals surface area contributed by atoms with Crippen LogP contribution in [0.25, 0.3) is 0 Å². The zero-order valence-corrected chi connectivity index (χ0v) is 12.9. The van der Waals surface area contributed by atoms with Gasteiger partial charge in [-0.3, -0.25) is 4.79 Å².